The summed E-state index contributed by atoms with van der Waals surface area (Å²) >= 11 is 0. The first-order valence-electron chi connectivity index (χ1n) is 11.3. The van der Waals surface area contributed by atoms with Gasteiger partial charge in [-0.3, -0.25) is 4.79 Å². The summed E-state index contributed by atoms with van der Waals surface area (Å²) in [5.41, 5.74) is 1.06. The number of H-pyrrole nitrogens is 1. The standard InChI is InChI=1S/C22H30N6O4S/c1-5-19-23-15(4)20-22(29)24-21(25-28(19)20)17-14-16(8-9-18(17)32-7-3)33(30,31)27-12-10-26(6-2)11-13-27/h8-9,14H,5-7,10-13H2,1-4H3,(H,24,25,29). The number of piperazine rings is 1. The number of imidazole rings is 1. The third-order valence-corrected chi connectivity index (χ3v) is 7.88. The SMILES string of the molecule is CCOc1ccc(S(=O)(=O)N2CCN(CC)CC2)cc1-c1nn2c(CC)nc(C)c2c(=O)[nH]1. The molecule has 0 bridgehead atoms. The van der Waals surface area contributed by atoms with Crippen molar-refractivity contribution in [3.8, 4) is 17.1 Å². The lowest BCUT2D eigenvalue weighted by molar-refractivity contribution is 0.196. The smallest absolute Gasteiger partial charge is 0.277 e. The Kier molecular flexibility index (Phi) is 6.55. The van der Waals surface area contributed by atoms with Crippen LogP contribution in [-0.2, 0) is 16.4 Å². The number of hydrogen-bond donors (Lipinski definition) is 1. The molecule has 3 aromatic rings. The van der Waals surface area contributed by atoms with Gasteiger partial charge in [0.1, 0.15) is 11.6 Å². The molecule has 0 amide bonds. The number of benzene rings is 1. The van der Waals surface area contributed by atoms with E-state index in [2.05, 4.69) is 26.9 Å². The number of aryl methyl sites for hydroxylation is 2. The number of rotatable bonds is 7. The summed E-state index contributed by atoms with van der Waals surface area (Å²) in [5.74, 6) is 1.34. The van der Waals surface area contributed by atoms with Gasteiger partial charge in [-0.25, -0.2) is 17.9 Å². The number of ether oxygens (including phenoxy) is 1. The summed E-state index contributed by atoms with van der Waals surface area (Å²) < 4.78 is 35.5. The molecule has 1 saturated heterocycles. The largest absolute Gasteiger partial charge is 0.493 e. The highest BCUT2D eigenvalue weighted by Crippen LogP contribution is 2.31. The van der Waals surface area contributed by atoms with E-state index in [1.165, 1.54) is 14.9 Å². The molecule has 10 nitrogen and oxygen atoms in total. The summed E-state index contributed by atoms with van der Waals surface area (Å²) in [6.07, 6.45) is 0.599. The van der Waals surface area contributed by atoms with E-state index in [1.807, 2.05) is 13.8 Å². The lowest BCUT2D eigenvalue weighted by Gasteiger charge is -2.33. The van der Waals surface area contributed by atoms with Crippen LogP contribution in [0.25, 0.3) is 16.9 Å². The Balaban J connectivity index is 1.82. The Morgan fingerprint density at radius 3 is 2.48 bits per heavy atom. The van der Waals surface area contributed by atoms with Crippen LogP contribution in [0.2, 0.25) is 0 Å². The predicted molar refractivity (Wildman–Crippen MR) is 125 cm³/mol. The fourth-order valence-electron chi connectivity index (χ4n) is 4.16. The second-order valence-corrected chi connectivity index (χ2v) is 9.90. The molecule has 11 heteroatoms. The molecule has 0 saturated carbocycles. The Labute approximate surface area is 193 Å². The number of aromatic amines is 1. The number of sulfonamides is 1. The molecule has 0 spiro atoms. The van der Waals surface area contributed by atoms with Crippen LogP contribution >= 0.6 is 0 Å². The fraction of sp³-hybridized carbons (Fsp3) is 0.500. The van der Waals surface area contributed by atoms with E-state index in [9.17, 15) is 13.2 Å². The van der Waals surface area contributed by atoms with Gasteiger partial charge in [-0.15, -0.1) is 5.10 Å². The van der Waals surface area contributed by atoms with Gasteiger partial charge in [0.05, 0.1) is 22.8 Å². The second-order valence-electron chi connectivity index (χ2n) is 7.96. The lowest BCUT2D eigenvalue weighted by atomic mass is 10.2. The zero-order chi connectivity index (χ0) is 23.8. The topological polar surface area (TPSA) is 113 Å². The summed E-state index contributed by atoms with van der Waals surface area (Å²) in [6, 6.07) is 4.70. The molecule has 0 atom stereocenters. The first-order valence-corrected chi connectivity index (χ1v) is 12.7. The van der Waals surface area contributed by atoms with Crippen molar-refractivity contribution in [2.24, 2.45) is 0 Å². The second kappa shape index (κ2) is 9.24. The Morgan fingerprint density at radius 2 is 1.85 bits per heavy atom. The van der Waals surface area contributed by atoms with E-state index in [-0.39, 0.29) is 16.3 Å². The molecule has 4 rings (SSSR count). The fourth-order valence-corrected chi connectivity index (χ4v) is 5.61. The van der Waals surface area contributed by atoms with E-state index >= 15 is 0 Å². The minimum atomic E-state index is -3.71. The maximum atomic E-state index is 13.4. The molecule has 3 heterocycles. The molecule has 0 aliphatic carbocycles. The molecule has 1 N–H and O–H groups in total. The first-order chi connectivity index (χ1) is 15.8. The highest BCUT2D eigenvalue weighted by atomic mass is 32.2. The summed E-state index contributed by atoms with van der Waals surface area (Å²) in [4.78, 5) is 22.4. The molecule has 2 aromatic heterocycles. The van der Waals surface area contributed by atoms with Crippen LogP contribution in [0.15, 0.2) is 27.9 Å². The van der Waals surface area contributed by atoms with Crippen LogP contribution in [0, 0.1) is 6.92 Å². The van der Waals surface area contributed by atoms with Crippen molar-refractivity contribution in [2.75, 3.05) is 39.3 Å². The number of nitrogens with one attached hydrogen (secondary N) is 1. The normalized spacial score (nSPS) is 15.9. The molecule has 33 heavy (non-hydrogen) atoms. The number of fused-ring (bicyclic) bond motifs is 1. The minimum absolute atomic E-state index is 0.145. The first kappa shape index (κ1) is 23.4. The van der Waals surface area contributed by atoms with Crippen molar-refractivity contribution in [1.82, 2.24) is 28.8 Å². The van der Waals surface area contributed by atoms with Crippen LogP contribution in [-0.4, -0.2) is 76.5 Å². The molecular formula is C22H30N6O4S. The van der Waals surface area contributed by atoms with Crippen LogP contribution < -0.4 is 10.3 Å². The van der Waals surface area contributed by atoms with Crippen molar-refractivity contribution in [1.29, 1.82) is 0 Å². The van der Waals surface area contributed by atoms with Crippen molar-refractivity contribution in [3.05, 3.63) is 40.1 Å². The van der Waals surface area contributed by atoms with Gasteiger partial charge in [-0.05, 0) is 38.6 Å². The van der Waals surface area contributed by atoms with Gasteiger partial charge in [-0.2, -0.15) is 4.31 Å². The zero-order valence-corrected chi connectivity index (χ0v) is 20.3. The van der Waals surface area contributed by atoms with Crippen LogP contribution in [0.4, 0.5) is 0 Å². The van der Waals surface area contributed by atoms with E-state index in [4.69, 9.17) is 4.74 Å². The van der Waals surface area contributed by atoms with Crippen LogP contribution in [0.1, 0.15) is 32.3 Å². The monoisotopic (exact) mass is 474 g/mol. The maximum Gasteiger partial charge on any atom is 0.277 e. The zero-order valence-electron chi connectivity index (χ0n) is 19.5. The molecule has 1 aromatic carbocycles. The highest BCUT2D eigenvalue weighted by Gasteiger charge is 2.29. The summed E-state index contributed by atoms with van der Waals surface area (Å²) in [7, 11) is -3.71. The molecule has 1 aliphatic heterocycles. The van der Waals surface area contributed by atoms with Gasteiger partial charge in [0.25, 0.3) is 5.56 Å². The molecule has 1 fully saturated rings. The van der Waals surface area contributed by atoms with Gasteiger partial charge in [-0.1, -0.05) is 13.8 Å². The van der Waals surface area contributed by atoms with Crippen LogP contribution in [0.3, 0.4) is 0 Å². The predicted octanol–water partition coefficient (Wildman–Crippen LogP) is 1.68. The number of hydrogen-bond acceptors (Lipinski definition) is 7. The van der Waals surface area contributed by atoms with Crippen LogP contribution in [0.5, 0.6) is 5.75 Å². The van der Waals surface area contributed by atoms with Gasteiger partial charge >= 0.3 is 0 Å². The van der Waals surface area contributed by atoms with E-state index in [0.717, 1.165) is 6.54 Å². The Hall–Kier alpha value is -2.76. The van der Waals surface area contributed by atoms with Crippen molar-refractivity contribution in [2.45, 2.75) is 39.0 Å². The summed E-state index contributed by atoms with van der Waals surface area (Å²) in [6.45, 7) is 11.2. The van der Waals surface area contributed by atoms with Gasteiger partial charge < -0.3 is 14.6 Å². The number of likely N-dealkylation sites (N-methyl/N-ethyl adjacent to an activating group) is 1. The Bertz CT molecular complexity index is 1320. The average molecular weight is 475 g/mol. The van der Waals surface area contributed by atoms with E-state index in [0.29, 0.717) is 67.6 Å². The molecule has 178 valence electrons. The molecule has 0 unspecified atom stereocenters. The van der Waals surface area contributed by atoms with Crippen molar-refractivity contribution in [3.63, 3.8) is 0 Å². The number of nitrogens with zero attached hydrogens (tertiary/aromatic N) is 5. The quantitative estimate of drug-likeness (QED) is 0.554. The van der Waals surface area contributed by atoms with Crippen molar-refractivity contribution >= 4 is 15.5 Å². The average Bonchev–Trinajstić information content (AvgIpc) is 3.15. The van der Waals surface area contributed by atoms with Crippen molar-refractivity contribution < 1.29 is 13.2 Å². The van der Waals surface area contributed by atoms with Gasteiger partial charge in [0.2, 0.25) is 10.0 Å². The molecule has 0 radical (unpaired) electrons. The maximum absolute atomic E-state index is 13.4. The number of aromatic nitrogens is 4. The van der Waals surface area contributed by atoms with Gasteiger partial charge in [0.15, 0.2) is 11.3 Å². The molecular weight excluding hydrogens is 444 g/mol. The molecule has 1 aliphatic rings. The third kappa shape index (κ3) is 4.28. The van der Waals surface area contributed by atoms with E-state index < -0.39 is 10.0 Å². The highest BCUT2D eigenvalue weighted by molar-refractivity contribution is 7.89. The minimum Gasteiger partial charge on any atom is -0.493 e. The lowest BCUT2D eigenvalue weighted by Crippen LogP contribution is -2.48. The van der Waals surface area contributed by atoms with E-state index in [1.54, 1.807) is 19.1 Å². The summed E-state index contributed by atoms with van der Waals surface area (Å²) in [5, 5.41) is 4.60. The Morgan fingerprint density at radius 1 is 1.12 bits per heavy atom. The third-order valence-electron chi connectivity index (χ3n) is 5.98. The van der Waals surface area contributed by atoms with Gasteiger partial charge in [0, 0.05) is 32.6 Å².